The van der Waals surface area contributed by atoms with Crippen molar-refractivity contribution in [3.63, 3.8) is 0 Å². The first-order valence-corrected chi connectivity index (χ1v) is 10.3. The fourth-order valence-electron chi connectivity index (χ4n) is 3.94. The molecule has 148 valence electrons. The Morgan fingerprint density at radius 2 is 2.07 bits per heavy atom. The van der Waals surface area contributed by atoms with E-state index in [0.29, 0.717) is 16.4 Å². The standard InChI is InChI=1S/C21H24BrN3O3/c1-12-17(14-8-9-14)24-19-15(10-16(22)23-20(19)27-2)18(12)25-21(26)28-11-13-6-4-3-5-7-13/h3-7,10,12,14,17-18,24H,8-9,11H2,1-2H3,(H,25,26). The molecule has 1 amide bonds. The molecule has 2 aromatic rings. The summed E-state index contributed by atoms with van der Waals surface area (Å²) in [5, 5.41) is 6.70. The first kappa shape index (κ1) is 19.1. The summed E-state index contributed by atoms with van der Waals surface area (Å²) < 4.78 is 11.6. The SMILES string of the molecule is COc1nc(Br)cc2c1NC(C1CC1)C(C)C2NC(=O)OCc1ccccc1. The second-order valence-electron chi connectivity index (χ2n) is 7.47. The minimum Gasteiger partial charge on any atom is -0.479 e. The third-order valence-corrected chi connectivity index (χ3v) is 5.94. The molecule has 0 saturated heterocycles. The van der Waals surface area contributed by atoms with Crippen molar-refractivity contribution < 1.29 is 14.3 Å². The van der Waals surface area contributed by atoms with Crippen molar-refractivity contribution in [3.8, 4) is 5.88 Å². The smallest absolute Gasteiger partial charge is 0.407 e. The molecule has 0 spiro atoms. The summed E-state index contributed by atoms with van der Waals surface area (Å²) >= 11 is 3.45. The number of carbonyl (C=O) groups excluding carboxylic acids is 1. The number of halogens is 1. The Morgan fingerprint density at radius 1 is 1.32 bits per heavy atom. The first-order chi connectivity index (χ1) is 13.6. The van der Waals surface area contributed by atoms with E-state index in [-0.39, 0.29) is 24.6 Å². The molecule has 3 unspecified atom stereocenters. The van der Waals surface area contributed by atoms with Gasteiger partial charge < -0.3 is 20.1 Å². The highest BCUT2D eigenvalue weighted by Crippen LogP contribution is 2.48. The van der Waals surface area contributed by atoms with Crippen molar-refractivity contribution >= 4 is 27.7 Å². The average Bonchev–Trinajstić information content (AvgIpc) is 3.54. The van der Waals surface area contributed by atoms with E-state index in [1.54, 1.807) is 7.11 Å². The van der Waals surface area contributed by atoms with Gasteiger partial charge in [-0.3, -0.25) is 0 Å². The lowest BCUT2D eigenvalue weighted by Gasteiger charge is -2.39. The third kappa shape index (κ3) is 3.94. The number of nitrogens with zero attached hydrogens (tertiary/aromatic N) is 1. The Morgan fingerprint density at radius 3 is 2.75 bits per heavy atom. The zero-order valence-electron chi connectivity index (χ0n) is 15.9. The lowest BCUT2D eigenvalue weighted by molar-refractivity contribution is 0.130. The van der Waals surface area contributed by atoms with E-state index in [4.69, 9.17) is 9.47 Å². The number of aromatic nitrogens is 1. The van der Waals surface area contributed by atoms with Crippen molar-refractivity contribution in [2.75, 3.05) is 12.4 Å². The van der Waals surface area contributed by atoms with Gasteiger partial charge in [-0.05, 0) is 46.3 Å². The maximum Gasteiger partial charge on any atom is 0.407 e. The third-order valence-electron chi connectivity index (χ3n) is 5.53. The van der Waals surface area contributed by atoms with E-state index in [0.717, 1.165) is 16.8 Å². The molecule has 4 rings (SSSR count). The van der Waals surface area contributed by atoms with Crippen LogP contribution in [0, 0.1) is 11.8 Å². The monoisotopic (exact) mass is 445 g/mol. The maximum absolute atomic E-state index is 12.6. The molecule has 1 aromatic heterocycles. The van der Waals surface area contributed by atoms with Crippen molar-refractivity contribution in [1.82, 2.24) is 10.3 Å². The molecule has 3 atom stereocenters. The molecule has 1 saturated carbocycles. The molecule has 0 bridgehead atoms. The van der Waals surface area contributed by atoms with Gasteiger partial charge in [-0.15, -0.1) is 0 Å². The van der Waals surface area contributed by atoms with E-state index in [1.807, 2.05) is 36.4 Å². The molecule has 1 fully saturated rings. The van der Waals surface area contributed by atoms with Gasteiger partial charge in [-0.2, -0.15) is 0 Å². The van der Waals surface area contributed by atoms with Crippen molar-refractivity contribution in [2.24, 2.45) is 11.8 Å². The van der Waals surface area contributed by atoms with Crippen molar-refractivity contribution in [3.05, 3.63) is 52.1 Å². The van der Waals surface area contributed by atoms with Gasteiger partial charge in [0.05, 0.1) is 13.2 Å². The van der Waals surface area contributed by atoms with Crippen LogP contribution in [0.1, 0.15) is 36.9 Å². The lowest BCUT2D eigenvalue weighted by Crippen LogP contribution is -2.45. The van der Waals surface area contributed by atoms with E-state index < -0.39 is 6.09 Å². The van der Waals surface area contributed by atoms with E-state index in [2.05, 4.69) is 38.5 Å². The lowest BCUT2D eigenvalue weighted by atomic mass is 9.82. The topological polar surface area (TPSA) is 72.5 Å². The Labute approximate surface area is 173 Å². The van der Waals surface area contributed by atoms with Gasteiger partial charge in [0, 0.05) is 17.5 Å². The zero-order chi connectivity index (χ0) is 19.7. The Balaban J connectivity index is 1.56. The predicted octanol–water partition coefficient (Wildman–Crippen LogP) is 4.66. The number of nitrogens with one attached hydrogen (secondary N) is 2. The van der Waals surface area contributed by atoms with Gasteiger partial charge >= 0.3 is 6.09 Å². The van der Waals surface area contributed by atoms with E-state index in [9.17, 15) is 4.79 Å². The molecule has 1 aromatic carbocycles. The van der Waals surface area contributed by atoms with Gasteiger partial charge in [0.2, 0.25) is 5.88 Å². The number of alkyl carbamates (subject to hydrolysis) is 1. The Kier molecular flexibility index (Phi) is 5.44. The van der Waals surface area contributed by atoms with Crippen LogP contribution in [0.5, 0.6) is 5.88 Å². The van der Waals surface area contributed by atoms with Crippen LogP contribution in [0.2, 0.25) is 0 Å². The second kappa shape index (κ2) is 7.99. The Hall–Kier alpha value is -2.28. The molecule has 6 nitrogen and oxygen atoms in total. The number of pyridine rings is 1. The summed E-state index contributed by atoms with van der Waals surface area (Å²) in [5.41, 5.74) is 2.77. The quantitative estimate of drug-likeness (QED) is 0.654. The number of rotatable bonds is 5. The summed E-state index contributed by atoms with van der Waals surface area (Å²) in [7, 11) is 1.61. The van der Waals surface area contributed by atoms with Crippen LogP contribution in [0.15, 0.2) is 41.0 Å². The van der Waals surface area contributed by atoms with E-state index in [1.165, 1.54) is 12.8 Å². The number of benzene rings is 1. The fourth-order valence-corrected chi connectivity index (χ4v) is 4.35. The highest BCUT2D eigenvalue weighted by atomic mass is 79.9. The molecule has 2 aliphatic rings. The highest BCUT2D eigenvalue weighted by Gasteiger charge is 2.44. The van der Waals surface area contributed by atoms with Crippen molar-refractivity contribution in [2.45, 2.75) is 38.5 Å². The molecule has 1 aliphatic heterocycles. The molecule has 2 N–H and O–H groups in total. The largest absolute Gasteiger partial charge is 0.479 e. The van der Waals surface area contributed by atoms with Crippen LogP contribution in [0.3, 0.4) is 0 Å². The number of hydrogen-bond acceptors (Lipinski definition) is 5. The van der Waals surface area contributed by atoms with Crippen LogP contribution in [-0.4, -0.2) is 24.2 Å². The van der Waals surface area contributed by atoms with Crippen molar-refractivity contribution in [1.29, 1.82) is 0 Å². The van der Waals surface area contributed by atoms with Gasteiger partial charge in [-0.1, -0.05) is 37.3 Å². The number of amides is 1. The number of ether oxygens (including phenoxy) is 2. The predicted molar refractivity (Wildman–Crippen MR) is 110 cm³/mol. The van der Waals surface area contributed by atoms with Gasteiger partial charge in [0.15, 0.2) is 0 Å². The maximum atomic E-state index is 12.6. The number of carbonyl (C=O) groups is 1. The molecule has 1 aliphatic carbocycles. The molecule has 28 heavy (non-hydrogen) atoms. The average molecular weight is 446 g/mol. The summed E-state index contributed by atoms with van der Waals surface area (Å²) in [6.07, 6.45) is 1.99. The van der Waals surface area contributed by atoms with Crippen LogP contribution in [-0.2, 0) is 11.3 Å². The summed E-state index contributed by atoms with van der Waals surface area (Å²) in [6.45, 7) is 2.41. The normalized spacial score (nSPS) is 23.3. The van der Waals surface area contributed by atoms with Gasteiger partial charge in [0.1, 0.15) is 16.9 Å². The molecule has 7 heteroatoms. The minimum absolute atomic E-state index is 0.182. The van der Waals surface area contributed by atoms with Gasteiger partial charge in [0.25, 0.3) is 0 Å². The zero-order valence-corrected chi connectivity index (χ0v) is 17.5. The van der Waals surface area contributed by atoms with Crippen LogP contribution >= 0.6 is 15.9 Å². The Bertz CT molecular complexity index is 857. The number of methoxy groups -OCH3 is 1. The first-order valence-electron chi connectivity index (χ1n) is 9.55. The van der Waals surface area contributed by atoms with Crippen LogP contribution in [0.25, 0.3) is 0 Å². The molecule has 0 radical (unpaired) electrons. The molecular weight excluding hydrogens is 422 g/mol. The second-order valence-corrected chi connectivity index (χ2v) is 8.28. The molecule has 2 heterocycles. The number of anilines is 1. The highest BCUT2D eigenvalue weighted by molar-refractivity contribution is 9.10. The van der Waals surface area contributed by atoms with Crippen LogP contribution < -0.4 is 15.4 Å². The van der Waals surface area contributed by atoms with E-state index >= 15 is 0 Å². The summed E-state index contributed by atoms with van der Waals surface area (Å²) in [6, 6.07) is 11.7. The summed E-state index contributed by atoms with van der Waals surface area (Å²) in [5.74, 6) is 1.36. The summed E-state index contributed by atoms with van der Waals surface area (Å²) in [4.78, 5) is 17.0. The number of hydrogen-bond donors (Lipinski definition) is 2. The molecular formula is C21H24BrN3O3. The number of fused-ring (bicyclic) bond motifs is 1. The van der Waals surface area contributed by atoms with Gasteiger partial charge in [-0.25, -0.2) is 9.78 Å². The fraction of sp³-hybridized carbons (Fsp3) is 0.429. The minimum atomic E-state index is -0.421. The van der Waals surface area contributed by atoms with Crippen LogP contribution in [0.4, 0.5) is 10.5 Å².